The second-order valence-corrected chi connectivity index (χ2v) is 7.66. The Kier molecular flexibility index (Phi) is 7.42. The predicted octanol–water partition coefficient (Wildman–Crippen LogP) is 4.10. The molecule has 2 aromatic carbocycles. The number of piperidine rings is 1. The van der Waals surface area contributed by atoms with E-state index >= 15 is 0 Å². The first-order valence-electron chi connectivity index (χ1n) is 10.5. The lowest BCUT2D eigenvalue weighted by molar-refractivity contribution is -0.119. The number of rotatable bonds is 7. The number of hydrogen-bond donors (Lipinski definition) is 1. The molecule has 5 nitrogen and oxygen atoms in total. The number of anilines is 2. The zero-order valence-corrected chi connectivity index (χ0v) is 17.4. The van der Waals surface area contributed by atoms with E-state index in [1.54, 1.807) is 0 Å². The predicted molar refractivity (Wildman–Crippen MR) is 118 cm³/mol. The van der Waals surface area contributed by atoms with Gasteiger partial charge in [0, 0.05) is 50.4 Å². The first-order chi connectivity index (χ1) is 14.1. The topological polar surface area (TPSA) is 52.7 Å². The van der Waals surface area contributed by atoms with E-state index in [0.717, 1.165) is 50.3 Å². The highest BCUT2D eigenvalue weighted by Crippen LogP contribution is 2.27. The number of nitrogens with one attached hydrogen (secondary N) is 1. The van der Waals surface area contributed by atoms with Gasteiger partial charge < -0.3 is 15.1 Å². The summed E-state index contributed by atoms with van der Waals surface area (Å²) in [6, 6.07) is 18.4. The second kappa shape index (κ2) is 10.2. The molecule has 1 saturated heterocycles. The minimum atomic E-state index is -0.109. The van der Waals surface area contributed by atoms with Crippen LogP contribution in [0.5, 0.6) is 0 Å². The van der Waals surface area contributed by atoms with Gasteiger partial charge in [0.2, 0.25) is 11.8 Å². The molecule has 0 atom stereocenters. The zero-order chi connectivity index (χ0) is 20.6. The average Bonchev–Trinajstić information content (AvgIpc) is 2.74. The van der Waals surface area contributed by atoms with Gasteiger partial charge in [0.25, 0.3) is 0 Å². The summed E-state index contributed by atoms with van der Waals surface area (Å²) in [5, 5.41) is 2.81. The fourth-order valence-corrected chi connectivity index (χ4v) is 4.00. The van der Waals surface area contributed by atoms with Gasteiger partial charge in [-0.05, 0) is 43.0 Å². The van der Waals surface area contributed by atoms with Crippen molar-refractivity contribution in [3.8, 4) is 0 Å². The van der Waals surface area contributed by atoms with E-state index in [1.807, 2.05) is 36.1 Å². The van der Waals surface area contributed by atoms with E-state index in [0.29, 0.717) is 6.42 Å². The molecule has 1 heterocycles. The van der Waals surface area contributed by atoms with Crippen molar-refractivity contribution in [2.75, 3.05) is 29.9 Å². The van der Waals surface area contributed by atoms with Crippen molar-refractivity contribution in [1.82, 2.24) is 4.90 Å². The van der Waals surface area contributed by atoms with Gasteiger partial charge in [-0.2, -0.15) is 0 Å². The molecule has 0 unspecified atom stereocenters. The molecule has 2 amide bonds. The number of likely N-dealkylation sites (tertiary alicyclic amines) is 1. The van der Waals surface area contributed by atoms with Crippen molar-refractivity contribution in [1.29, 1.82) is 0 Å². The fourth-order valence-electron chi connectivity index (χ4n) is 4.00. The summed E-state index contributed by atoms with van der Waals surface area (Å²) in [7, 11) is 0. The lowest BCUT2D eigenvalue weighted by Gasteiger charge is -2.38. The molecule has 0 aliphatic carbocycles. The molecule has 1 fully saturated rings. The highest BCUT2D eigenvalue weighted by Gasteiger charge is 2.28. The molecular weight excluding hydrogens is 362 g/mol. The van der Waals surface area contributed by atoms with Crippen molar-refractivity contribution >= 4 is 23.2 Å². The molecule has 1 aliphatic heterocycles. The molecular formula is C24H31N3O2. The molecule has 2 aromatic rings. The van der Waals surface area contributed by atoms with Gasteiger partial charge in [-0.3, -0.25) is 9.59 Å². The minimum absolute atomic E-state index is 0.109. The van der Waals surface area contributed by atoms with Crippen LogP contribution in [0.3, 0.4) is 0 Å². The molecule has 0 bridgehead atoms. The Labute approximate surface area is 173 Å². The Hall–Kier alpha value is -2.66. The summed E-state index contributed by atoms with van der Waals surface area (Å²) in [5.41, 5.74) is 2.96. The summed E-state index contributed by atoms with van der Waals surface area (Å²) in [6.07, 6.45) is 3.45. The number of benzene rings is 2. The summed E-state index contributed by atoms with van der Waals surface area (Å²) < 4.78 is 0. The maximum Gasteiger partial charge on any atom is 0.226 e. The lowest BCUT2D eigenvalue weighted by atomic mass is 10.0. The van der Waals surface area contributed by atoms with Crippen LogP contribution in [0.15, 0.2) is 54.6 Å². The summed E-state index contributed by atoms with van der Waals surface area (Å²) in [6.45, 7) is 6.44. The van der Waals surface area contributed by atoms with Crippen LogP contribution in [0.25, 0.3) is 0 Å². The number of hydrogen-bond acceptors (Lipinski definition) is 3. The highest BCUT2D eigenvalue weighted by atomic mass is 16.2. The molecule has 5 heteroatoms. The van der Waals surface area contributed by atoms with E-state index < -0.39 is 0 Å². The monoisotopic (exact) mass is 393 g/mol. The number of amides is 2. The molecule has 0 radical (unpaired) electrons. The van der Waals surface area contributed by atoms with Crippen molar-refractivity contribution in [3.63, 3.8) is 0 Å². The van der Waals surface area contributed by atoms with E-state index in [2.05, 4.69) is 40.5 Å². The van der Waals surface area contributed by atoms with Crippen LogP contribution in [-0.4, -0.2) is 42.4 Å². The molecule has 1 aliphatic rings. The Morgan fingerprint density at radius 1 is 1.07 bits per heavy atom. The smallest absolute Gasteiger partial charge is 0.226 e. The van der Waals surface area contributed by atoms with Crippen molar-refractivity contribution in [2.45, 2.75) is 45.6 Å². The Balaban J connectivity index is 1.63. The number of nitrogens with zero attached hydrogens (tertiary/aromatic N) is 2. The highest BCUT2D eigenvalue weighted by molar-refractivity contribution is 5.95. The Morgan fingerprint density at radius 2 is 1.79 bits per heavy atom. The van der Waals surface area contributed by atoms with E-state index in [1.165, 1.54) is 12.5 Å². The lowest BCUT2D eigenvalue weighted by Crippen LogP contribution is -2.48. The van der Waals surface area contributed by atoms with Crippen LogP contribution < -0.4 is 10.2 Å². The maximum atomic E-state index is 12.8. The van der Waals surface area contributed by atoms with Gasteiger partial charge in [0.05, 0.1) is 0 Å². The normalized spacial score (nSPS) is 15.1. The van der Waals surface area contributed by atoms with E-state index in [9.17, 15) is 9.59 Å². The van der Waals surface area contributed by atoms with Crippen molar-refractivity contribution in [3.05, 3.63) is 60.2 Å². The first kappa shape index (κ1) is 21.1. The van der Waals surface area contributed by atoms with Gasteiger partial charge in [-0.1, -0.05) is 43.3 Å². The van der Waals surface area contributed by atoms with Crippen LogP contribution in [0.2, 0.25) is 0 Å². The number of carbonyl (C=O) groups excluding carboxylic acids is 2. The zero-order valence-electron chi connectivity index (χ0n) is 17.4. The molecule has 29 heavy (non-hydrogen) atoms. The van der Waals surface area contributed by atoms with Gasteiger partial charge in [-0.15, -0.1) is 0 Å². The van der Waals surface area contributed by atoms with Gasteiger partial charge in [-0.25, -0.2) is 0 Å². The van der Waals surface area contributed by atoms with Crippen LogP contribution in [0, 0.1) is 0 Å². The van der Waals surface area contributed by atoms with Crippen LogP contribution in [0.4, 0.5) is 11.4 Å². The molecule has 3 rings (SSSR count). The third kappa shape index (κ3) is 5.91. The molecule has 0 saturated carbocycles. The van der Waals surface area contributed by atoms with Gasteiger partial charge >= 0.3 is 0 Å². The third-order valence-corrected chi connectivity index (χ3v) is 5.50. The summed E-state index contributed by atoms with van der Waals surface area (Å²) in [5.74, 6) is 0.0231. The molecule has 0 aromatic heterocycles. The van der Waals surface area contributed by atoms with Crippen molar-refractivity contribution in [2.24, 2.45) is 0 Å². The van der Waals surface area contributed by atoms with E-state index in [4.69, 9.17) is 0 Å². The second-order valence-electron chi connectivity index (χ2n) is 7.66. The minimum Gasteiger partial charge on any atom is -0.326 e. The van der Waals surface area contributed by atoms with Gasteiger partial charge in [0.15, 0.2) is 0 Å². The third-order valence-electron chi connectivity index (χ3n) is 5.50. The average molecular weight is 394 g/mol. The SMILES string of the molecule is CCC(=O)N(c1cccc(NC(C)=O)c1)C1CCN(CCc2ccccc2)CC1. The number of carbonyl (C=O) groups is 2. The van der Waals surface area contributed by atoms with Crippen LogP contribution in [-0.2, 0) is 16.0 Å². The standard InChI is InChI=1S/C24H31N3O2/c1-3-24(29)27(23-11-7-10-21(18-23)25-19(2)28)22-13-16-26(17-14-22)15-12-20-8-5-4-6-9-20/h4-11,18,22H,3,12-17H2,1-2H3,(H,25,28). The Morgan fingerprint density at radius 3 is 2.45 bits per heavy atom. The van der Waals surface area contributed by atoms with Crippen LogP contribution in [0.1, 0.15) is 38.7 Å². The Bertz CT molecular complexity index is 814. The van der Waals surface area contributed by atoms with Crippen molar-refractivity contribution < 1.29 is 9.59 Å². The van der Waals surface area contributed by atoms with Crippen LogP contribution >= 0.6 is 0 Å². The molecule has 1 N–H and O–H groups in total. The fraction of sp³-hybridized carbons (Fsp3) is 0.417. The van der Waals surface area contributed by atoms with Gasteiger partial charge in [0.1, 0.15) is 0 Å². The molecule has 154 valence electrons. The first-order valence-corrected chi connectivity index (χ1v) is 10.5. The maximum absolute atomic E-state index is 12.8. The quantitative estimate of drug-likeness (QED) is 0.771. The molecule has 0 spiro atoms. The largest absolute Gasteiger partial charge is 0.326 e. The van der Waals surface area contributed by atoms with E-state index in [-0.39, 0.29) is 17.9 Å². The summed E-state index contributed by atoms with van der Waals surface area (Å²) >= 11 is 0. The summed E-state index contributed by atoms with van der Waals surface area (Å²) in [4.78, 5) is 28.6.